The van der Waals surface area contributed by atoms with Gasteiger partial charge in [0.05, 0.1) is 18.6 Å². The van der Waals surface area contributed by atoms with Crippen molar-refractivity contribution in [3.05, 3.63) is 46.5 Å². The van der Waals surface area contributed by atoms with Gasteiger partial charge in [0.2, 0.25) is 0 Å². The van der Waals surface area contributed by atoms with E-state index in [1.165, 1.54) is 6.92 Å². The molecule has 1 unspecified atom stereocenters. The molecule has 3 aliphatic heterocycles. The van der Waals surface area contributed by atoms with Gasteiger partial charge in [0.15, 0.2) is 5.78 Å². The van der Waals surface area contributed by atoms with Crippen LogP contribution in [0.15, 0.2) is 24.3 Å². The minimum absolute atomic E-state index is 0.0960. The van der Waals surface area contributed by atoms with Crippen molar-refractivity contribution in [2.45, 2.75) is 51.0 Å². The summed E-state index contributed by atoms with van der Waals surface area (Å²) >= 11 is 0. The van der Waals surface area contributed by atoms with Gasteiger partial charge in [-0.15, -0.1) is 0 Å². The molecule has 3 heterocycles. The minimum atomic E-state index is -4.26. The fourth-order valence-electron chi connectivity index (χ4n) is 4.93. The number of methoxy groups -OCH3 is 1. The number of hydrogen-bond donors (Lipinski definition) is 0. The monoisotopic (exact) mass is 448 g/mol. The van der Waals surface area contributed by atoms with Crippen LogP contribution in [0.3, 0.4) is 0 Å². The van der Waals surface area contributed by atoms with Gasteiger partial charge in [-0.25, -0.2) is 0 Å². The SMILES string of the molecule is COc1cc2c(cc1C)OC[C@H]1Oc3c(ccc4c3C[C@H](C(C)CC(F)(F)F)O4)C(=O)[C@@H]21. The topological polar surface area (TPSA) is 54.0 Å². The predicted octanol–water partition coefficient (Wildman–Crippen LogP) is 5.02. The minimum Gasteiger partial charge on any atom is -0.496 e. The molecule has 4 atom stereocenters. The zero-order chi connectivity index (χ0) is 22.8. The third-order valence-corrected chi connectivity index (χ3v) is 6.54. The number of aryl methyl sites for hydroxylation is 1. The molecule has 0 saturated heterocycles. The van der Waals surface area contributed by atoms with E-state index in [-0.39, 0.29) is 18.8 Å². The molecule has 2 aromatic carbocycles. The smallest absolute Gasteiger partial charge is 0.389 e. The summed E-state index contributed by atoms with van der Waals surface area (Å²) in [4.78, 5) is 13.5. The van der Waals surface area contributed by atoms with Crippen LogP contribution in [0.5, 0.6) is 23.0 Å². The van der Waals surface area contributed by atoms with Crippen LogP contribution < -0.4 is 18.9 Å². The summed E-state index contributed by atoms with van der Waals surface area (Å²) in [5, 5.41) is 0. The Balaban J connectivity index is 1.48. The highest BCUT2D eigenvalue weighted by Gasteiger charge is 2.46. The van der Waals surface area contributed by atoms with Crippen molar-refractivity contribution < 1.29 is 36.9 Å². The van der Waals surface area contributed by atoms with Gasteiger partial charge in [-0.05, 0) is 36.8 Å². The molecule has 0 fully saturated rings. The van der Waals surface area contributed by atoms with Crippen molar-refractivity contribution in [1.29, 1.82) is 0 Å². The standard InChI is InChI=1S/C24H23F3O5/c1-11-6-19-14(7-17(11)29-3)21-20(10-30-19)32-23-13(22(21)28)4-5-16-15(23)8-18(31-16)12(2)9-24(25,26)27/h4-7,12,18,20-21H,8-10H2,1-3H3/t12?,18-,20-,21+/m1/s1. The molecule has 0 aromatic heterocycles. The average Bonchev–Trinajstić information content (AvgIpc) is 3.17. The molecule has 8 heteroatoms. The van der Waals surface area contributed by atoms with Crippen molar-refractivity contribution in [3.63, 3.8) is 0 Å². The Morgan fingerprint density at radius 2 is 1.97 bits per heavy atom. The van der Waals surface area contributed by atoms with Crippen molar-refractivity contribution in [1.82, 2.24) is 0 Å². The van der Waals surface area contributed by atoms with Gasteiger partial charge in [0.1, 0.15) is 41.8 Å². The van der Waals surface area contributed by atoms with E-state index < -0.39 is 36.6 Å². The molecule has 0 aliphatic carbocycles. The fourth-order valence-corrected chi connectivity index (χ4v) is 4.93. The summed E-state index contributed by atoms with van der Waals surface area (Å²) in [5.74, 6) is 0.823. The summed E-state index contributed by atoms with van der Waals surface area (Å²) in [6.07, 6.45) is -6.07. The second kappa shape index (κ2) is 7.32. The van der Waals surface area contributed by atoms with E-state index in [9.17, 15) is 18.0 Å². The zero-order valence-corrected chi connectivity index (χ0v) is 17.9. The number of carbonyl (C=O) groups excluding carboxylic acids is 1. The van der Waals surface area contributed by atoms with Crippen LogP contribution in [0.25, 0.3) is 0 Å². The Kier molecular flexibility index (Phi) is 4.80. The largest absolute Gasteiger partial charge is 0.496 e. The summed E-state index contributed by atoms with van der Waals surface area (Å²) in [7, 11) is 1.57. The molecule has 32 heavy (non-hydrogen) atoms. The Labute approximate surface area is 183 Å². The van der Waals surface area contributed by atoms with E-state index in [4.69, 9.17) is 18.9 Å². The van der Waals surface area contributed by atoms with Crippen LogP contribution in [0.1, 0.15) is 46.3 Å². The Morgan fingerprint density at radius 1 is 1.19 bits per heavy atom. The number of Topliss-reactive ketones (excluding diaryl/α,β-unsaturated/α-hetero) is 1. The van der Waals surface area contributed by atoms with Crippen molar-refractivity contribution in [2.75, 3.05) is 13.7 Å². The highest BCUT2D eigenvalue weighted by atomic mass is 19.4. The molecular weight excluding hydrogens is 425 g/mol. The first-order chi connectivity index (χ1) is 15.2. The number of hydrogen-bond acceptors (Lipinski definition) is 5. The number of ketones is 1. The number of fused-ring (bicyclic) bond motifs is 6. The van der Waals surface area contributed by atoms with Gasteiger partial charge in [-0.2, -0.15) is 13.2 Å². The van der Waals surface area contributed by atoms with Crippen LogP contribution in [-0.2, 0) is 6.42 Å². The van der Waals surface area contributed by atoms with Gasteiger partial charge < -0.3 is 18.9 Å². The lowest BCUT2D eigenvalue weighted by Gasteiger charge is -2.37. The number of alkyl halides is 3. The van der Waals surface area contributed by atoms with Gasteiger partial charge in [-0.1, -0.05) is 6.92 Å². The molecule has 0 amide bonds. The maximum atomic E-state index is 13.5. The van der Waals surface area contributed by atoms with Gasteiger partial charge in [-0.3, -0.25) is 4.79 Å². The maximum Gasteiger partial charge on any atom is 0.389 e. The molecule has 0 N–H and O–H groups in total. The number of rotatable bonds is 3. The highest BCUT2D eigenvalue weighted by Crippen LogP contribution is 2.49. The Bertz CT molecular complexity index is 1090. The highest BCUT2D eigenvalue weighted by molar-refractivity contribution is 6.06. The zero-order valence-electron chi connectivity index (χ0n) is 17.9. The first-order valence-electron chi connectivity index (χ1n) is 10.6. The lowest BCUT2D eigenvalue weighted by Crippen LogP contribution is -2.43. The molecule has 2 aromatic rings. The van der Waals surface area contributed by atoms with Gasteiger partial charge in [0, 0.05) is 29.9 Å². The van der Waals surface area contributed by atoms with E-state index in [1.807, 2.05) is 19.1 Å². The van der Waals surface area contributed by atoms with E-state index in [0.717, 1.165) is 5.56 Å². The Morgan fingerprint density at radius 3 is 2.69 bits per heavy atom. The van der Waals surface area contributed by atoms with Crippen LogP contribution in [0.4, 0.5) is 13.2 Å². The molecular formula is C24H23F3O5. The van der Waals surface area contributed by atoms with Crippen LogP contribution in [-0.4, -0.2) is 37.9 Å². The second-order valence-corrected chi connectivity index (χ2v) is 8.74. The van der Waals surface area contributed by atoms with Crippen LogP contribution in [0, 0.1) is 12.8 Å². The van der Waals surface area contributed by atoms with Gasteiger partial charge >= 0.3 is 6.18 Å². The Hall–Kier alpha value is -2.90. The molecule has 5 nitrogen and oxygen atoms in total. The first-order valence-corrected chi connectivity index (χ1v) is 10.6. The summed E-state index contributed by atoms with van der Waals surface area (Å²) < 4.78 is 61.9. The molecule has 0 bridgehead atoms. The fraction of sp³-hybridized carbons (Fsp3) is 0.458. The molecule has 0 saturated carbocycles. The number of halogens is 3. The van der Waals surface area contributed by atoms with E-state index in [1.54, 1.807) is 19.2 Å². The van der Waals surface area contributed by atoms with E-state index >= 15 is 0 Å². The summed E-state index contributed by atoms with van der Waals surface area (Å²) in [5.41, 5.74) is 2.70. The lowest BCUT2D eigenvalue weighted by atomic mass is 9.80. The third kappa shape index (κ3) is 3.36. The van der Waals surface area contributed by atoms with Crippen molar-refractivity contribution >= 4 is 5.78 Å². The van der Waals surface area contributed by atoms with Crippen LogP contribution >= 0.6 is 0 Å². The molecule has 5 rings (SSSR count). The second-order valence-electron chi connectivity index (χ2n) is 8.74. The summed E-state index contributed by atoms with van der Waals surface area (Å²) in [6, 6.07) is 6.98. The molecule has 170 valence electrons. The molecule has 0 radical (unpaired) electrons. The normalized spacial score (nSPS) is 24.2. The molecule has 3 aliphatic rings. The van der Waals surface area contributed by atoms with Crippen molar-refractivity contribution in [2.24, 2.45) is 5.92 Å². The van der Waals surface area contributed by atoms with Gasteiger partial charge in [0.25, 0.3) is 0 Å². The maximum absolute atomic E-state index is 13.5. The van der Waals surface area contributed by atoms with E-state index in [0.29, 0.717) is 39.7 Å². The number of ether oxygens (including phenoxy) is 4. The first kappa shape index (κ1) is 21.0. The lowest BCUT2D eigenvalue weighted by molar-refractivity contribution is -0.148. The quantitative estimate of drug-likeness (QED) is 0.660. The predicted molar refractivity (Wildman–Crippen MR) is 109 cm³/mol. The average molecular weight is 448 g/mol. The molecule has 0 spiro atoms. The number of benzene rings is 2. The van der Waals surface area contributed by atoms with Crippen molar-refractivity contribution in [3.8, 4) is 23.0 Å². The third-order valence-electron chi connectivity index (χ3n) is 6.54. The summed E-state index contributed by atoms with van der Waals surface area (Å²) in [6.45, 7) is 3.63. The van der Waals surface area contributed by atoms with Crippen LogP contribution in [0.2, 0.25) is 0 Å². The number of carbonyl (C=O) groups is 1. The van der Waals surface area contributed by atoms with E-state index in [2.05, 4.69) is 0 Å².